The number of nitrogens with zero attached hydrogens (tertiary/aromatic N) is 1. The summed E-state index contributed by atoms with van der Waals surface area (Å²) in [6.45, 7) is 2.60. The Balaban J connectivity index is 1.48. The van der Waals surface area contributed by atoms with E-state index in [0.717, 1.165) is 16.7 Å². The molecule has 0 fully saturated rings. The summed E-state index contributed by atoms with van der Waals surface area (Å²) in [5, 5.41) is 12.9. The highest BCUT2D eigenvalue weighted by Crippen LogP contribution is 2.31. The van der Waals surface area contributed by atoms with E-state index in [1.165, 1.54) is 6.08 Å². The molecule has 7 heteroatoms. The number of methoxy groups -OCH3 is 1. The summed E-state index contributed by atoms with van der Waals surface area (Å²) in [7, 11) is 1.59. The van der Waals surface area contributed by atoms with Gasteiger partial charge in [-0.05, 0) is 66.6 Å². The first-order chi connectivity index (χ1) is 18.9. The van der Waals surface area contributed by atoms with Gasteiger partial charge in [-0.25, -0.2) is 0 Å². The number of amides is 1. The quantitative estimate of drug-likeness (QED) is 0.168. The Bertz CT molecular complexity index is 1510. The molecule has 0 aromatic heterocycles. The Morgan fingerprint density at radius 3 is 2.28 bits per heavy atom. The lowest BCUT2D eigenvalue weighted by atomic mass is 10.1. The van der Waals surface area contributed by atoms with Crippen LogP contribution in [0, 0.1) is 18.3 Å². The lowest BCUT2D eigenvalue weighted by Gasteiger charge is -2.14. The number of carbonyl (C=O) groups excluding carboxylic acids is 1. The van der Waals surface area contributed by atoms with Crippen molar-refractivity contribution in [2.45, 2.75) is 20.1 Å². The van der Waals surface area contributed by atoms with E-state index in [0.29, 0.717) is 40.1 Å². The van der Waals surface area contributed by atoms with Gasteiger partial charge in [0.2, 0.25) is 0 Å². The first kappa shape index (κ1) is 27.3. The van der Waals surface area contributed by atoms with Crippen LogP contribution >= 0.6 is 11.6 Å². The van der Waals surface area contributed by atoms with Crippen molar-refractivity contribution in [3.8, 4) is 23.3 Å². The zero-order valence-corrected chi connectivity index (χ0v) is 22.4. The Hall–Kier alpha value is -4.73. The van der Waals surface area contributed by atoms with Crippen LogP contribution in [0.15, 0.2) is 96.6 Å². The molecule has 0 atom stereocenters. The lowest BCUT2D eigenvalue weighted by Crippen LogP contribution is -2.13. The van der Waals surface area contributed by atoms with Crippen LogP contribution in [0.2, 0.25) is 5.02 Å². The van der Waals surface area contributed by atoms with Crippen molar-refractivity contribution in [3.63, 3.8) is 0 Å². The summed E-state index contributed by atoms with van der Waals surface area (Å²) in [5.41, 5.74) is 3.99. The molecule has 0 unspecified atom stereocenters. The Labute approximate surface area is 233 Å². The van der Waals surface area contributed by atoms with E-state index in [1.54, 1.807) is 37.4 Å². The van der Waals surface area contributed by atoms with Crippen molar-refractivity contribution in [3.05, 3.63) is 124 Å². The number of benzene rings is 4. The summed E-state index contributed by atoms with van der Waals surface area (Å²) in [6.07, 6.45) is 1.46. The van der Waals surface area contributed by atoms with E-state index in [1.807, 2.05) is 73.7 Å². The van der Waals surface area contributed by atoms with Crippen LogP contribution in [0.3, 0.4) is 0 Å². The molecule has 0 aliphatic heterocycles. The van der Waals surface area contributed by atoms with Gasteiger partial charge in [0.1, 0.15) is 30.6 Å². The van der Waals surface area contributed by atoms with Crippen molar-refractivity contribution >= 4 is 29.3 Å². The predicted octanol–water partition coefficient (Wildman–Crippen LogP) is 7.36. The Morgan fingerprint density at radius 2 is 1.56 bits per heavy atom. The van der Waals surface area contributed by atoms with E-state index in [9.17, 15) is 10.1 Å². The van der Waals surface area contributed by atoms with Gasteiger partial charge < -0.3 is 19.5 Å². The van der Waals surface area contributed by atoms with E-state index in [2.05, 4.69) is 5.32 Å². The number of hydrogen-bond donors (Lipinski definition) is 1. The third-order valence-corrected chi connectivity index (χ3v) is 6.04. The molecule has 0 aliphatic rings. The standard InChI is InChI=1S/C32H27ClN2O4/c1-22-8-12-28(13-9-22)35-32(36)26(19-34)17-25-18-27(33)11-15-29(25)38-21-24-10-14-30(31(16-24)37-2)39-20-23-6-4-3-5-7-23/h3-18H,20-21H2,1-2H3,(H,35,36)/b26-17-. The average Bonchev–Trinajstić information content (AvgIpc) is 2.96. The zero-order valence-electron chi connectivity index (χ0n) is 21.6. The minimum atomic E-state index is -0.525. The summed E-state index contributed by atoms with van der Waals surface area (Å²) < 4.78 is 17.5. The molecule has 1 N–H and O–H groups in total. The summed E-state index contributed by atoms with van der Waals surface area (Å²) in [5.74, 6) is 1.16. The number of nitrogens with one attached hydrogen (secondary N) is 1. The van der Waals surface area contributed by atoms with Crippen LogP contribution in [0.4, 0.5) is 5.69 Å². The number of rotatable bonds is 10. The molecule has 4 aromatic rings. The lowest BCUT2D eigenvalue weighted by molar-refractivity contribution is -0.112. The van der Waals surface area contributed by atoms with Gasteiger partial charge in [0.25, 0.3) is 5.91 Å². The van der Waals surface area contributed by atoms with Gasteiger partial charge in [0.15, 0.2) is 11.5 Å². The van der Waals surface area contributed by atoms with Crippen LogP contribution in [0.25, 0.3) is 6.08 Å². The van der Waals surface area contributed by atoms with Gasteiger partial charge >= 0.3 is 0 Å². The number of nitriles is 1. The molecule has 0 saturated heterocycles. The minimum Gasteiger partial charge on any atom is -0.493 e. The van der Waals surface area contributed by atoms with E-state index in [-0.39, 0.29) is 12.2 Å². The fourth-order valence-corrected chi connectivity index (χ4v) is 3.90. The third-order valence-electron chi connectivity index (χ3n) is 5.81. The number of anilines is 1. The maximum atomic E-state index is 12.8. The van der Waals surface area contributed by atoms with E-state index >= 15 is 0 Å². The maximum absolute atomic E-state index is 12.8. The molecule has 0 radical (unpaired) electrons. The van der Waals surface area contributed by atoms with Crippen LogP contribution < -0.4 is 19.5 Å². The number of aryl methyl sites for hydroxylation is 1. The topological polar surface area (TPSA) is 80.6 Å². The van der Waals surface area contributed by atoms with Crippen LogP contribution in [-0.2, 0) is 18.0 Å². The van der Waals surface area contributed by atoms with Gasteiger partial charge in [-0.3, -0.25) is 4.79 Å². The second-order valence-electron chi connectivity index (χ2n) is 8.72. The van der Waals surface area contributed by atoms with Gasteiger partial charge in [0.05, 0.1) is 7.11 Å². The fraction of sp³-hybridized carbons (Fsp3) is 0.125. The monoisotopic (exact) mass is 538 g/mol. The highest BCUT2D eigenvalue weighted by molar-refractivity contribution is 6.30. The molecule has 39 heavy (non-hydrogen) atoms. The van der Waals surface area contributed by atoms with Gasteiger partial charge in [0, 0.05) is 16.3 Å². The normalized spacial score (nSPS) is 10.9. The maximum Gasteiger partial charge on any atom is 0.266 e. The summed E-state index contributed by atoms with van der Waals surface area (Å²) in [6, 6.07) is 29.8. The molecule has 1 amide bonds. The number of ether oxygens (including phenoxy) is 3. The van der Waals surface area contributed by atoms with Crippen molar-refractivity contribution in [1.82, 2.24) is 0 Å². The molecule has 0 bridgehead atoms. The average molecular weight is 539 g/mol. The first-order valence-corrected chi connectivity index (χ1v) is 12.6. The summed E-state index contributed by atoms with van der Waals surface area (Å²) >= 11 is 6.22. The molecule has 0 heterocycles. The van der Waals surface area contributed by atoms with E-state index in [4.69, 9.17) is 25.8 Å². The number of carbonyl (C=O) groups is 1. The van der Waals surface area contributed by atoms with Crippen molar-refractivity contribution in [2.24, 2.45) is 0 Å². The second kappa shape index (κ2) is 13.2. The van der Waals surface area contributed by atoms with Crippen LogP contribution in [0.1, 0.15) is 22.3 Å². The molecule has 0 saturated carbocycles. The SMILES string of the molecule is COc1cc(COc2ccc(Cl)cc2/C=C(/C#N)C(=O)Nc2ccc(C)cc2)ccc1OCc1ccccc1. The molecule has 196 valence electrons. The van der Waals surface area contributed by atoms with Gasteiger partial charge in [-0.2, -0.15) is 5.26 Å². The van der Waals surface area contributed by atoms with Gasteiger partial charge in [-0.1, -0.05) is 65.7 Å². The third kappa shape index (κ3) is 7.64. The molecule has 0 aliphatic carbocycles. The largest absolute Gasteiger partial charge is 0.493 e. The van der Waals surface area contributed by atoms with Gasteiger partial charge in [-0.15, -0.1) is 0 Å². The predicted molar refractivity (Wildman–Crippen MR) is 153 cm³/mol. The molecular weight excluding hydrogens is 512 g/mol. The highest BCUT2D eigenvalue weighted by atomic mass is 35.5. The number of hydrogen-bond acceptors (Lipinski definition) is 5. The summed E-state index contributed by atoms with van der Waals surface area (Å²) in [4.78, 5) is 12.8. The smallest absolute Gasteiger partial charge is 0.266 e. The highest BCUT2D eigenvalue weighted by Gasteiger charge is 2.13. The zero-order chi connectivity index (χ0) is 27.6. The first-order valence-electron chi connectivity index (χ1n) is 12.2. The number of halogens is 1. The Kier molecular flexibility index (Phi) is 9.23. The molecule has 4 rings (SSSR count). The minimum absolute atomic E-state index is 0.0794. The van der Waals surface area contributed by atoms with Crippen molar-refractivity contribution in [2.75, 3.05) is 12.4 Å². The van der Waals surface area contributed by atoms with Crippen LogP contribution in [-0.4, -0.2) is 13.0 Å². The van der Waals surface area contributed by atoms with Crippen molar-refractivity contribution in [1.29, 1.82) is 5.26 Å². The van der Waals surface area contributed by atoms with E-state index < -0.39 is 5.91 Å². The molecule has 0 spiro atoms. The molecular formula is C32H27ClN2O4. The van der Waals surface area contributed by atoms with Crippen molar-refractivity contribution < 1.29 is 19.0 Å². The fourth-order valence-electron chi connectivity index (χ4n) is 3.72. The Morgan fingerprint density at radius 1 is 0.872 bits per heavy atom. The van der Waals surface area contributed by atoms with Crippen LogP contribution in [0.5, 0.6) is 17.2 Å². The molecule has 6 nitrogen and oxygen atoms in total. The second-order valence-corrected chi connectivity index (χ2v) is 9.16. The molecule has 4 aromatic carbocycles.